The second kappa shape index (κ2) is 6.06. The first-order valence-corrected chi connectivity index (χ1v) is 6.66. The second-order valence-corrected chi connectivity index (χ2v) is 5.20. The summed E-state index contributed by atoms with van der Waals surface area (Å²) in [6.45, 7) is 0. The first-order chi connectivity index (χ1) is 8.28. The van der Waals surface area contributed by atoms with Crippen LogP contribution in [0.2, 0.25) is 0 Å². The van der Waals surface area contributed by atoms with Gasteiger partial charge in [-0.3, -0.25) is 0 Å². The number of methoxy groups -OCH3 is 1. The van der Waals surface area contributed by atoms with Crippen molar-refractivity contribution < 1.29 is 4.74 Å². The van der Waals surface area contributed by atoms with Crippen LogP contribution in [-0.2, 0) is 6.42 Å². The molecule has 0 radical (unpaired) electrons. The van der Waals surface area contributed by atoms with Crippen LogP contribution in [0.1, 0.15) is 37.7 Å². The molecule has 1 aliphatic rings. The first-order valence-electron chi connectivity index (χ1n) is 6.66. The quantitative estimate of drug-likeness (QED) is 0.848. The van der Waals surface area contributed by atoms with Gasteiger partial charge in [0.15, 0.2) is 0 Å². The van der Waals surface area contributed by atoms with E-state index in [1.165, 1.54) is 37.7 Å². The Bertz CT molecular complexity index is 345. The molecule has 2 nitrogen and oxygen atoms in total. The molecule has 2 rings (SSSR count). The number of benzene rings is 1. The average Bonchev–Trinajstić information content (AvgIpc) is 2.82. The van der Waals surface area contributed by atoms with E-state index in [2.05, 4.69) is 12.1 Å². The minimum atomic E-state index is 0.296. The molecule has 1 aromatic rings. The summed E-state index contributed by atoms with van der Waals surface area (Å²) in [5.41, 5.74) is 7.52. The molecule has 0 saturated heterocycles. The molecule has 0 heterocycles. The van der Waals surface area contributed by atoms with Crippen LogP contribution in [0.4, 0.5) is 0 Å². The van der Waals surface area contributed by atoms with E-state index in [0.29, 0.717) is 6.04 Å². The van der Waals surface area contributed by atoms with Gasteiger partial charge in [0.25, 0.3) is 0 Å². The van der Waals surface area contributed by atoms with Crippen LogP contribution < -0.4 is 10.5 Å². The van der Waals surface area contributed by atoms with Crippen molar-refractivity contribution in [2.75, 3.05) is 7.11 Å². The van der Waals surface area contributed by atoms with Crippen molar-refractivity contribution in [3.63, 3.8) is 0 Å². The van der Waals surface area contributed by atoms with Crippen LogP contribution in [0.3, 0.4) is 0 Å². The Kier molecular flexibility index (Phi) is 4.43. The fourth-order valence-electron chi connectivity index (χ4n) is 2.86. The van der Waals surface area contributed by atoms with Crippen LogP contribution >= 0.6 is 0 Å². The lowest BCUT2D eigenvalue weighted by molar-refractivity contribution is 0.413. The van der Waals surface area contributed by atoms with Gasteiger partial charge in [-0.1, -0.05) is 37.8 Å². The number of rotatable bonds is 5. The molecule has 17 heavy (non-hydrogen) atoms. The third-order valence-corrected chi connectivity index (χ3v) is 3.74. The molecule has 1 saturated carbocycles. The van der Waals surface area contributed by atoms with Gasteiger partial charge in [0, 0.05) is 6.04 Å². The Morgan fingerprint density at radius 1 is 1.35 bits per heavy atom. The highest BCUT2D eigenvalue weighted by molar-refractivity contribution is 5.28. The zero-order valence-corrected chi connectivity index (χ0v) is 10.7. The van der Waals surface area contributed by atoms with Gasteiger partial charge in [0.1, 0.15) is 5.75 Å². The van der Waals surface area contributed by atoms with E-state index in [1.54, 1.807) is 7.11 Å². The van der Waals surface area contributed by atoms with Crippen LogP contribution in [0.5, 0.6) is 5.75 Å². The lowest BCUT2D eigenvalue weighted by Gasteiger charge is -2.16. The maximum absolute atomic E-state index is 6.24. The summed E-state index contributed by atoms with van der Waals surface area (Å²) in [5.74, 6) is 1.80. The van der Waals surface area contributed by atoms with Gasteiger partial charge in [-0.2, -0.15) is 0 Å². The van der Waals surface area contributed by atoms with Gasteiger partial charge in [0.2, 0.25) is 0 Å². The van der Waals surface area contributed by atoms with Gasteiger partial charge in [-0.15, -0.1) is 0 Å². The van der Waals surface area contributed by atoms with Gasteiger partial charge < -0.3 is 10.5 Å². The summed E-state index contributed by atoms with van der Waals surface area (Å²) in [4.78, 5) is 0. The molecular formula is C15H23NO. The highest BCUT2D eigenvalue weighted by Gasteiger charge is 2.18. The normalized spacial score (nSPS) is 18.2. The van der Waals surface area contributed by atoms with Crippen molar-refractivity contribution in [2.24, 2.45) is 11.7 Å². The minimum Gasteiger partial charge on any atom is -0.497 e. The molecule has 94 valence electrons. The zero-order valence-electron chi connectivity index (χ0n) is 10.7. The average molecular weight is 233 g/mol. The van der Waals surface area contributed by atoms with Crippen LogP contribution in [0, 0.1) is 5.92 Å². The Balaban J connectivity index is 1.85. The maximum Gasteiger partial charge on any atom is 0.119 e. The monoisotopic (exact) mass is 233 g/mol. The van der Waals surface area contributed by atoms with E-state index in [0.717, 1.165) is 18.1 Å². The van der Waals surface area contributed by atoms with Gasteiger partial charge >= 0.3 is 0 Å². The summed E-state index contributed by atoms with van der Waals surface area (Å²) < 4.78 is 5.23. The predicted octanol–water partition coefficient (Wildman–Crippen LogP) is 3.15. The molecule has 1 unspecified atom stereocenters. The highest BCUT2D eigenvalue weighted by Crippen LogP contribution is 2.28. The van der Waals surface area contributed by atoms with Crippen molar-refractivity contribution >= 4 is 0 Å². The molecule has 1 aliphatic carbocycles. The summed E-state index contributed by atoms with van der Waals surface area (Å²) in [5, 5.41) is 0. The summed E-state index contributed by atoms with van der Waals surface area (Å²) in [7, 11) is 1.71. The Morgan fingerprint density at radius 3 is 2.82 bits per heavy atom. The van der Waals surface area contributed by atoms with E-state index in [-0.39, 0.29) is 0 Å². The molecule has 0 aliphatic heterocycles. The Hall–Kier alpha value is -1.02. The van der Waals surface area contributed by atoms with Crippen LogP contribution in [0.15, 0.2) is 24.3 Å². The molecular weight excluding hydrogens is 210 g/mol. The number of hydrogen-bond donors (Lipinski definition) is 1. The van der Waals surface area contributed by atoms with Gasteiger partial charge in [-0.05, 0) is 36.5 Å². The Morgan fingerprint density at radius 2 is 2.12 bits per heavy atom. The zero-order chi connectivity index (χ0) is 12.1. The van der Waals surface area contributed by atoms with Crippen LogP contribution in [-0.4, -0.2) is 13.2 Å². The summed E-state index contributed by atoms with van der Waals surface area (Å²) in [6, 6.07) is 8.54. The second-order valence-electron chi connectivity index (χ2n) is 5.20. The molecule has 1 aromatic carbocycles. The summed E-state index contributed by atoms with van der Waals surface area (Å²) >= 11 is 0. The Labute approximate surface area is 104 Å². The fourth-order valence-corrected chi connectivity index (χ4v) is 2.86. The lowest BCUT2D eigenvalue weighted by Crippen LogP contribution is -2.25. The molecule has 1 fully saturated rings. The predicted molar refractivity (Wildman–Crippen MR) is 71.2 cm³/mol. The van der Waals surface area contributed by atoms with Gasteiger partial charge in [-0.25, -0.2) is 0 Å². The van der Waals surface area contributed by atoms with E-state index in [1.807, 2.05) is 12.1 Å². The van der Waals surface area contributed by atoms with E-state index >= 15 is 0 Å². The molecule has 0 spiro atoms. The van der Waals surface area contributed by atoms with E-state index in [4.69, 9.17) is 10.5 Å². The number of hydrogen-bond acceptors (Lipinski definition) is 2. The number of nitrogens with two attached hydrogens (primary N) is 1. The van der Waals surface area contributed by atoms with Crippen LogP contribution in [0.25, 0.3) is 0 Å². The highest BCUT2D eigenvalue weighted by atomic mass is 16.5. The molecule has 1 atom stereocenters. The van der Waals surface area contributed by atoms with Crippen molar-refractivity contribution in [1.29, 1.82) is 0 Å². The van der Waals surface area contributed by atoms with E-state index in [9.17, 15) is 0 Å². The minimum absolute atomic E-state index is 0.296. The molecule has 0 amide bonds. The molecule has 0 bridgehead atoms. The maximum atomic E-state index is 6.24. The fraction of sp³-hybridized carbons (Fsp3) is 0.600. The molecule has 2 heteroatoms. The largest absolute Gasteiger partial charge is 0.497 e. The number of ether oxygens (including phenoxy) is 1. The standard InChI is InChI=1S/C15H23NO/c1-17-15-8-4-7-13(11-15)10-14(16)9-12-5-2-3-6-12/h4,7-8,11-12,14H,2-3,5-6,9-10,16H2,1H3. The van der Waals surface area contributed by atoms with Crippen molar-refractivity contribution in [2.45, 2.75) is 44.6 Å². The third kappa shape index (κ3) is 3.74. The smallest absolute Gasteiger partial charge is 0.119 e. The molecule has 0 aromatic heterocycles. The topological polar surface area (TPSA) is 35.2 Å². The first kappa shape index (κ1) is 12.4. The third-order valence-electron chi connectivity index (χ3n) is 3.74. The van der Waals surface area contributed by atoms with Crippen molar-refractivity contribution in [1.82, 2.24) is 0 Å². The van der Waals surface area contributed by atoms with Crippen molar-refractivity contribution in [3.05, 3.63) is 29.8 Å². The SMILES string of the molecule is COc1cccc(CC(N)CC2CCCC2)c1. The van der Waals surface area contributed by atoms with E-state index < -0.39 is 0 Å². The summed E-state index contributed by atoms with van der Waals surface area (Å²) in [6.07, 6.45) is 7.70. The molecule has 2 N–H and O–H groups in total. The van der Waals surface area contributed by atoms with Gasteiger partial charge in [0.05, 0.1) is 7.11 Å². The lowest BCUT2D eigenvalue weighted by atomic mass is 9.94. The van der Waals surface area contributed by atoms with Crippen molar-refractivity contribution in [3.8, 4) is 5.75 Å².